The number of benzene rings is 1. The number of rotatable bonds is 4. The number of hydrogen-bond acceptors (Lipinski definition) is 1. The molecule has 2 heteroatoms. The lowest BCUT2D eigenvalue weighted by Crippen LogP contribution is -2.23. The van der Waals surface area contributed by atoms with Crippen LogP contribution in [0.1, 0.15) is 36.8 Å². The van der Waals surface area contributed by atoms with Gasteiger partial charge >= 0.3 is 0 Å². The average molecular weight is 219 g/mol. The molecule has 0 saturated heterocycles. The van der Waals surface area contributed by atoms with E-state index < -0.39 is 0 Å². The standard InChI is InChI=1S/C14H21NO/c1-5-12(10-14(16)15(3)4)13-8-6-11(2)7-9-13/h6-9,12H,5,10H2,1-4H3/t12-/m0/s1. The molecular weight excluding hydrogens is 198 g/mol. The molecule has 0 aliphatic rings. The summed E-state index contributed by atoms with van der Waals surface area (Å²) in [4.78, 5) is 13.3. The van der Waals surface area contributed by atoms with Crippen LogP contribution in [-0.2, 0) is 4.79 Å². The van der Waals surface area contributed by atoms with E-state index in [1.165, 1.54) is 11.1 Å². The summed E-state index contributed by atoms with van der Waals surface area (Å²) in [7, 11) is 3.62. The molecule has 0 unspecified atom stereocenters. The third-order valence-electron chi connectivity index (χ3n) is 2.96. The predicted octanol–water partition coefficient (Wildman–Crippen LogP) is 2.97. The molecule has 0 spiro atoms. The molecule has 0 heterocycles. The molecule has 0 aromatic heterocycles. The number of amides is 1. The van der Waals surface area contributed by atoms with Crippen molar-refractivity contribution in [3.63, 3.8) is 0 Å². The van der Waals surface area contributed by atoms with Crippen LogP contribution in [0, 0.1) is 6.92 Å². The quantitative estimate of drug-likeness (QED) is 0.762. The van der Waals surface area contributed by atoms with Crippen molar-refractivity contribution in [3.8, 4) is 0 Å². The Bertz CT molecular complexity index is 340. The Hall–Kier alpha value is -1.31. The molecule has 0 radical (unpaired) electrons. The highest BCUT2D eigenvalue weighted by Gasteiger charge is 2.15. The zero-order valence-electron chi connectivity index (χ0n) is 10.7. The lowest BCUT2D eigenvalue weighted by atomic mass is 9.92. The van der Waals surface area contributed by atoms with Crippen molar-refractivity contribution in [1.82, 2.24) is 4.90 Å². The van der Waals surface area contributed by atoms with E-state index in [-0.39, 0.29) is 5.91 Å². The maximum atomic E-state index is 11.7. The summed E-state index contributed by atoms with van der Waals surface area (Å²) in [5.41, 5.74) is 2.53. The molecule has 1 amide bonds. The van der Waals surface area contributed by atoms with E-state index in [2.05, 4.69) is 38.1 Å². The van der Waals surface area contributed by atoms with Crippen LogP contribution in [-0.4, -0.2) is 24.9 Å². The van der Waals surface area contributed by atoms with Gasteiger partial charge in [0.25, 0.3) is 0 Å². The van der Waals surface area contributed by atoms with E-state index >= 15 is 0 Å². The molecule has 0 fully saturated rings. The molecular formula is C14H21NO. The molecule has 0 bridgehead atoms. The van der Waals surface area contributed by atoms with Gasteiger partial charge in [0.05, 0.1) is 0 Å². The average Bonchev–Trinajstić information content (AvgIpc) is 2.26. The minimum absolute atomic E-state index is 0.201. The van der Waals surface area contributed by atoms with Crippen molar-refractivity contribution in [3.05, 3.63) is 35.4 Å². The Morgan fingerprint density at radius 1 is 1.25 bits per heavy atom. The molecule has 1 rings (SSSR count). The summed E-state index contributed by atoms with van der Waals surface area (Å²) in [5, 5.41) is 0. The number of nitrogens with zero attached hydrogens (tertiary/aromatic N) is 1. The second kappa shape index (κ2) is 5.69. The fourth-order valence-electron chi connectivity index (χ4n) is 1.73. The van der Waals surface area contributed by atoms with E-state index in [1.54, 1.807) is 4.90 Å². The molecule has 2 nitrogen and oxygen atoms in total. The van der Waals surface area contributed by atoms with E-state index in [9.17, 15) is 4.79 Å². The molecule has 1 atom stereocenters. The first-order chi connectivity index (χ1) is 7.54. The predicted molar refractivity (Wildman–Crippen MR) is 67.5 cm³/mol. The Kier molecular flexibility index (Phi) is 4.53. The van der Waals surface area contributed by atoms with Crippen molar-refractivity contribution in [2.75, 3.05) is 14.1 Å². The summed E-state index contributed by atoms with van der Waals surface area (Å²) in [5.74, 6) is 0.544. The maximum Gasteiger partial charge on any atom is 0.222 e. The number of carbonyl (C=O) groups is 1. The van der Waals surface area contributed by atoms with Crippen LogP contribution in [0.2, 0.25) is 0 Å². The molecule has 0 saturated carbocycles. The highest BCUT2D eigenvalue weighted by atomic mass is 16.2. The van der Waals surface area contributed by atoms with Crippen LogP contribution in [0.15, 0.2) is 24.3 Å². The van der Waals surface area contributed by atoms with Crippen LogP contribution >= 0.6 is 0 Å². The van der Waals surface area contributed by atoms with Crippen molar-refractivity contribution < 1.29 is 4.79 Å². The van der Waals surface area contributed by atoms with Gasteiger partial charge < -0.3 is 4.90 Å². The van der Waals surface area contributed by atoms with Crippen LogP contribution in [0.4, 0.5) is 0 Å². The van der Waals surface area contributed by atoms with Crippen LogP contribution in [0.5, 0.6) is 0 Å². The zero-order chi connectivity index (χ0) is 12.1. The smallest absolute Gasteiger partial charge is 0.222 e. The van der Waals surface area contributed by atoms with Crippen molar-refractivity contribution in [2.45, 2.75) is 32.6 Å². The summed E-state index contributed by atoms with van der Waals surface area (Å²) < 4.78 is 0. The van der Waals surface area contributed by atoms with Gasteiger partial charge in [-0.05, 0) is 24.8 Å². The fourth-order valence-corrected chi connectivity index (χ4v) is 1.73. The van der Waals surface area contributed by atoms with E-state index in [0.717, 1.165) is 6.42 Å². The minimum Gasteiger partial charge on any atom is -0.349 e. The molecule has 0 N–H and O–H groups in total. The molecule has 0 aliphatic heterocycles. The summed E-state index contributed by atoms with van der Waals surface area (Å²) in [6.45, 7) is 4.21. The Morgan fingerprint density at radius 2 is 1.81 bits per heavy atom. The van der Waals surface area contributed by atoms with Gasteiger partial charge in [-0.3, -0.25) is 4.79 Å². The molecule has 16 heavy (non-hydrogen) atoms. The van der Waals surface area contributed by atoms with Crippen LogP contribution in [0.25, 0.3) is 0 Å². The summed E-state index contributed by atoms with van der Waals surface area (Å²) >= 11 is 0. The molecule has 1 aromatic carbocycles. The summed E-state index contributed by atoms with van der Waals surface area (Å²) in [6.07, 6.45) is 1.61. The highest BCUT2D eigenvalue weighted by molar-refractivity contribution is 5.76. The van der Waals surface area contributed by atoms with Crippen molar-refractivity contribution >= 4 is 5.91 Å². The topological polar surface area (TPSA) is 20.3 Å². The lowest BCUT2D eigenvalue weighted by molar-refractivity contribution is -0.129. The first kappa shape index (κ1) is 12.8. The van der Waals surface area contributed by atoms with Gasteiger partial charge in [-0.2, -0.15) is 0 Å². The Labute approximate surface area is 98.3 Å². The van der Waals surface area contributed by atoms with Crippen molar-refractivity contribution in [1.29, 1.82) is 0 Å². The first-order valence-electron chi connectivity index (χ1n) is 5.81. The molecule has 0 aliphatic carbocycles. The molecule has 1 aromatic rings. The van der Waals surface area contributed by atoms with E-state index in [4.69, 9.17) is 0 Å². The minimum atomic E-state index is 0.201. The zero-order valence-corrected chi connectivity index (χ0v) is 10.7. The first-order valence-corrected chi connectivity index (χ1v) is 5.81. The van der Waals surface area contributed by atoms with Crippen LogP contribution in [0.3, 0.4) is 0 Å². The van der Waals surface area contributed by atoms with Gasteiger partial charge in [0, 0.05) is 20.5 Å². The van der Waals surface area contributed by atoms with Gasteiger partial charge in [0.15, 0.2) is 0 Å². The van der Waals surface area contributed by atoms with Crippen molar-refractivity contribution in [2.24, 2.45) is 0 Å². The lowest BCUT2D eigenvalue weighted by Gasteiger charge is -2.18. The summed E-state index contributed by atoms with van der Waals surface area (Å²) in [6, 6.07) is 8.48. The SMILES string of the molecule is CC[C@@H](CC(=O)N(C)C)c1ccc(C)cc1. The van der Waals surface area contributed by atoms with E-state index in [0.29, 0.717) is 12.3 Å². The molecule has 88 valence electrons. The number of aryl methyl sites for hydroxylation is 1. The second-order valence-electron chi connectivity index (χ2n) is 4.51. The third kappa shape index (κ3) is 3.37. The van der Waals surface area contributed by atoms with Gasteiger partial charge in [-0.1, -0.05) is 36.8 Å². The van der Waals surface area contributed by atoms with Crippen LogP contribution < -0.4 is 0 Å². The second-order valence-corrected chi connectivity index (χ2v) is 4.51. The van der Waals surface area contributed by atoms with Gasteiger partial charge in [0.1, 0.15) is 0 Å². The third-order valence-corrected chi connectivity index (χ3v) is 2.96. The Morgan fingerprint density at radius 3 is 2.25 bits per heavy atom. The van der Waals surface area contributed by atoms with Gasteiger partial charge in [-0.25, -0.2) is 0 Å². The maximum absolute atomic E-state index is 11.7. The normalized spacial score (nSPS) is 12.2. The monoisotopic (exact) mass is 219 g/mol. The number of carbonyl (C=O) groups excluding carboxylic acids is 1. The number of hydrogen-bond donors (Lipinski definition) is 0. The van der Waals surface area contributed by atoms with Gasteiger partial charge in [-0.15, -0.1) is 0 Å². The Balaban J connectivity index is 2.74. The fraction of sp³-hybridized carbons (Fsp3) is 0.500. The van der Waals surface area contributed by atoms with Gasteiger partial charge in [0.2, 0.25) is 5.91 Å². The largest absolute Gasteiger partial charge is 0.349 e. The van der Waals surface area contributed by atoms with E-state index in [1.807, 2.05) is 14.1 Å². The highest BCUT2D eigenvalue weighted by Crippen LogP contribution is 2.24.